The molecule has 19 heavy (non-hydrogen) atoms. The average Bonchev–Trinajstić information content (AvgIpc) is 2.69. The van der Waals surface area contributed by atoms with Crippen molar-refractivity contribution in [2.45, 2.75) is 46.6 Å². The minimum absolute atomic E-state index is 0.204. The Balaban J connectivity index is 2.81. The van der Waals surface area contributed by atoms with Crippen molar-refractivity contribution in [1.29, 1.82) is 0 Å². The lowest BCUT2D eigenvalue weighted by molar-refractivity contribution is -0.139. The molecule has 1 amide bonds. The molecule has 5 nitrogen and oxygen atoms in total. The first-order valence-corrected chi connectivity index (χ1v) is 7.16. The molecule has 0 spiro atoms. The predicted molar refractivity (Wildman–Crippen MR) is 74.6 cm³/mol. The maximum atomic E-state index is 12.1. The van der Waals surface area contributed by atoms with Gasteiger partial charge >= 0.3 is 5.97 Å². The number of amides is 1. The van der Waals surface area contributed by atoms with Crippen molar-refractivity contribution in [3.05, 3.63) is 15.6 Å². The largest absolute Gasteiger partial charge is 0.480 e. The van der Waals surface area contributed by atoms with Crippen LogP contribution in [0.1, 0.15) is 47.6 Å². The van der Waals surface area contributed by atoms with Crippen LogP contribution in [0.3, 0.4) is 0 Å². The summed E-state index contributed by atoms with van der Waals surface area (Å²) in [4.78, 5) is 28.0. The van der Waals surface area contributed by atoms with Gasteiger partial charge in [0.15, 0.2) is 0 Å². The molecule has 0 radical (unpaired) electrons. The van der Waals surface area contributed by atoms with E-state index in [2.05, 4.69) is 10.3 Å². The van der Waals surface area contributed by atoms with Crippen molar-refractivity contribution in [2.75, 3.05) is 0 Å². The molecule has 0 aliphatic rings. The lowest BCUT2D eigenvalue weighted by Gasteiger charge is -2.15. The van der Waals surface area contributed by atoms with E-state index in [0.717, 1.165) is 11.4 Å². The summed E-state index contributed by atoms with van der Waals surface area (Å²) >= 11 is 1.32. The molecular weight excluding hydrogens is 264 g/mol. The van der Waals surface area contributed by atoms with Gasteiger partial charge in [0.1, 0.15) is 10.9 Å². The van der Waals surface area contributed by atoms with Crippen LogP contribution >= 0.6 is 11.3 Å². The summed E-state index contributed by atoms with van der Waals surface area (Å²) in [6.07, 6.45) is 1.19. The van der Waals surface area contributed by atoms with E-state index in [4.69, 9.17) is 5.11 Å². The van der Waals surface area contributed by atoms with E-state index in [0.29, 0.717) is 17.0 Å². The molecule has 0 aromatic carbocycles. The highest BCUT2D eigenvalue weighted by Gasteiger charge is 2.23. The van der Waals surface area contributed by atoms with Crippen LogP contribution in [0, 0.1) is 12.8 Å². The van der Waals surface area contributed by atoms with Crippen molar-refractivity contribution in [3.8, 4) is 0 Å². The molecule has 1 unspecified atom stereocenters. The number of nitrogens with one attached hydrogen (secondary N) is 1. The number of aromatic nitrogens is 1. The maximum Gasteiger partial charge on any atom is 0.326 e. The van der Waals surface area contributed by atoms with Crippen LogP contribution in [-0.4, -0.2) is 28.0 Å². The number of carbonyl (C=O) groups excluding carboxylic acids is 1. The number of aryl methyl sites for hydroxylation is 2. The molecule has 1 heterocycles. The lowest BCUT2D eigenvalue weighted by Crippen LogP contribution is -2.41. The highest BCUT2D eigenvalue weighted by molar-refractivity contribution is 7.13. The zero-order valence-electron chi connectivity index (χ0n) is 11.7. The van der Waals surface area contributed by atoms with Crippen molar-refractivity contribution >= 4 is 23.2 Å². The summed E-state index contributed by atoms with van der Waals surface area (Å²) in [6, 6.07) is -0.848. The number of nitrogens with zero attached hydrogens (tertiary/aromatic N) is 1. The van der Waals surface area contributed by atoms with Gasteiger partial charge in [0.05, 0.1) is 10.7 Å². The zero-order chi connectivity index (χ0) is 14.6. The summed E-state index contributed by atoms with van der Waals surface area (Å²) in [5.41, 5.74) is 0.660. The molecule has 1 aromatic heterocycles. The van der Waals surface area contributed by atoms with Crippen molar-refractivity contribution in [1.82, 2.24) is 10.3 Å². The molecule has 0 bridgehead atoms. The Morgan fingerprint density at radius 2 is 2.05 bits per heavy atom. The first kappa shape index (κ1) is 15.6. The fourth-order valence-electron chi connectivity index (χ4n) is 1.73. The number of hydrogen-bond acceptors (Lipinski definition) is 4. The molecular formula is C13H20N2O3S. The second-order valence-corrected chi connectivity index (χ2v) is 5.95. The van der Waals surface area contributed by atoms with Crippen LogP contribution in [0.25, 0.3) is 0 Å². The Morgan fingerprint density at radius 3 is 2.47 bits per heavy atom. The number of aliphatic carboxylic acids is 1. The maximum absolute atomic E-state index is 12.1. The van der Waals surface area contributed by atoms with Gasteiger partial charge in [0, 0.05) is 0 Å². The van der Waals surface area contributed by atoms with Crippen LogP contribution in [0.2, 0.25) is 0 Å². The van der Waals surface area contributed by atoms with E-state index in [9.17, 15) is 9.59 Å². The molecule has 6 heteroatoms. The van der Waals surface area contributed by atoms with Gasteiger partial charge in [0.25, 0.3) is 5.91 Å². The molecule has 0 aliphatic carbocycles. The van der Waals surface area contributed by atoms with Crippen molar-refractivity contribution in [3.63, 3.8) is 0 Å². The first-order valence-electron chi connectivity index (χ1n) is 6.35. The van der Waals surface area contributed by atoms with E-state index < -0.39 is 12.0 Å². The highest BCUT2D eigenvalue weighted by atomic mass is 32.1. The first-order chi connectivity index (χ1) is 8.85. The second kappa shape index (κ2) is 6.65. The number of carbonyl (C=O) groups is 2. The fraction of sp³-hybridized carbons (Fsp3) is 0.615. The quantitative estimate of drug-likeness (QED) is 0.839. The summed E-state index contributed by atoms with van der Waals surface area (Å²) in [5, 5.41) is 12.6. The summed E-state index contributed by atoms with van der Waals surface area (Å²) < 4.78 is 0. The number of thiazole rings is 1. The summed E-state index contributed by atoms with van der Waals surface area (Å²) in [6.45, 7) is 7.59. The number of rotatable bonds is 6. The van der Waals surface area contributed by atoms with Crippen LogP contribution < -0.4 is 5.32 Å². The predicted octanol–water partition coefficient (Wildman–Crippen LogP) is 2.24. The van der Waals surface area contributed by atoms with Crippen LogP contribution in [0.15, 0.2) is 0 Å². The summed E-state index contributed by atoms with van der Waals surface area (Å²) in [5.74, 6) is -1.14. The van der Waals surface area contributed by atoms with E-state index in [-0.39, 0.29) is 11.8 Å². The van der Waals surface area contributed by atoms with E-state index >= 15 is 0 Å². The van der Waals surface area contributed by atoms with Crippen LogP contribution in [-0.2, 0) is 11.2 Å². The van der Waals surface area contributed by atoms with Gasteiger partial charge in [-0.3, -0.25) is 4.79 Å². The van der Waals surface area contributed by atoms with E-state index in [1.165, 1.54) is 11.3 Å². The third-order valence-electron chi connectivity index (χ3n) is 2.66. The minimum Gasteiger partial charge on any atom is -0.480 e. The van der Waals surface area contributed by atoms with Gasteiger partial charge in [-0.05, 0) is 25.7 Å². The molecule has 0 saturated heterocycles. The lowest BCUT2D eigenvalue weighted by atomic mass is 10.0. The Hall–Kier alpha value is -1.43. The average molecular weight is 284 g/mol. The third-order valence-corrected chi connectivity index (χ3v) is 3.96. The number of hydrogen-bond donors (Lipinski definition) is 2. The number of carboxylic acid groups (broad SMARTS) is 1. The molecule has 1 aromatic rings. The van der Waals surface area contributed by atoms with Crippen LogP contribution in [0.5, 0.6) is 0 Å². The molecule has 0 saturated carbocycles. The van der Waals surface area contributed by atoms with Crippen molar-refractivity contribution in [2.24, 2.45) is 5.92 Å². The molecule has 0 aliphatic heterocycles. The monoisotopic (exact) mass is 284 g/mol. The van der Waals surface area contributed by atoms with Gasteiger partial charge in [0.2, 0.25) is 0 Å². The molecule has 0 fully saturated rings. The van der Waals surface area contributed by atoms with Gasteiger partial charge in [-0.1, -0.05) is 20.8 Å². The standard InChI is InChI=1S/C13H20N2O3S/c1-5-10-14-8(4)11(19-10)12(16)15-9(13(17)18)6-7(2)3/h7,9H,5-6H2,1-4H3,(H,15,16)(H,17,18). The highest BCUT2D eigenvalue weighted by Crippen LogP contribution is 2.19. The molecule has 106 valence electrons. The third kappa shape index (κ3) is 4.31. The van der Waals surface area contributed by atoms with Crippen molar-refractivity contribution < 1.29 is 14.7 Å². The Kier molecular flexibility index (Phi) is 5.47. The molecule has 2 N–H and O–H groups in total. The smallest absolute Gasteiger partial charge is 0.326 e. The second-order valence-electron chi connectivity index (χ2n) is 4.87. The Labute approximate surface area is 117 Å². The molecule has 1 atom stereocenters. The normalized spacial score (nSPS) is 12.5. The Bertz CT molecular complexity index is 468. The van der Waals surface area contributed by atoms with Crippen LogP contribution in [0.4, 0.5) is 0 Å². The van der Waals surface area contributed by atoms with E-state index in [1.807, 2.05) is 20.8 Å². The minimum atomic E-state index is -1.00. The fourth-order valence-corrected chi connectivity index (χ4v) is 2.64. The van der Waals surface area contributed by atoms with Gasteiger partial charge in [-0.15, -0.1) is 11.3 Å². The SMILES string of the molecule is CCc1nc(C)c(C(=O)NC(CC(C)C)C(=O)O)s1. The van der Waals surface area contributed by atoms with Gasteiger partial charge < -0.3 is 10.4 Å². The Morgan fingerprint density at radius 1 is 1.42 bits per heavy atom. The van der Waals surface area contributed by atoms with E-state index in [1.54, 1.807) is 6.92 Å². The molecule has 1 rings (SSSR count). The van der Waals surface area contributed by atoms with Gasteiger partial charge in [-0.2, -0.15) is 0 Å². The number of carboxylic acids is 1. The topological polar surface area (TPSA) is 79.3 Å². The van der Waals surface area contributed by atoms with Gasteiger partial charge in [-0.25, -0.2) is 9.78 Å². The zero-order valence-corrected chi connectivity index (χ0v) is 12.5. The summed E-state index contributed by atoms with van der Waals surface area (Å²) in [7, 11) is 0.